The Morgan fingerprint density at radius 3 is 2.06 bits per heavy atom. The average Bonchev–Trinajstić information content (AvgIpc) is 3.03. The maximum absolute atomic E-state index is 13.7. The van der Waals surface area contributed by atoms with Crippen LogP contribution in [0.2, 0.25) is 0 Å². The number of anilines is 3. The molecule has 174 valence electrons. The van der Waals surface area contributed by atoms with Gasteiger partial charge in [-0.05, 0) is 53.8 Å². The van der Waals surface area contributed by atoms with E-state index >= 15 is 0 Å². The summed E-state index contributed by atoms with van der Waals surface area (Å²) in [6, 6.07) is 23.1. The van der Waals surface area contributed by atoms with Crippen LogP contribution in [0, 0.1) is 6.92 Å². The van der Waals surface area contributed by atoms with Crippen LogP contribution in [-0.4, -0.2) is 25.9 Å². The first-order valence-electron chi connectivity index (χ1n) is 11.4. The Morgan fingerprint density at radius 1 is 0.824 bits per heavy atom. The average molecular weight is 454 g/mol. The third-order valence-electron chi connectivity index (χ3n) is 6.05. The summed E-state index contributed by atoms with van der Waals surface area (Å²) in [5.74, 6) is -0.699. The topological polar surface area (TPSA) is 52.7 Å². The van der Waals surface area contributed by atoms with E-state index in [2.05, 4.69) is 26.1 Å². The summed E-state index contributed by atoms with van der Waals surface area (Å²) in [5.41, 5.74) is 5.90. The van der Waals surface area contributed by atoms with Gasteiger partial charge in [0.2, 0.25) is 0 Å². The largest absolute Gasteiger partial charge is 0.378 e. The van der Waals surface area contributed by atoms with Gasteiger partial charge in [0.05, 0.1) is 11.3 Å². The first-order valence-corrected chi connectivity index (χ1v) is 11.4. The van der Waals surface area contributed by atoms with E-state index in [1.807, 2.05) is 92.6 Å². The van der Waals surface area contributed by atoms with Crippen LogP contribution >= 0.6 is 0 Å². The molecular weight excluding hydrogens is 422 g/mol. The van der Waals surface area contributed by atoms with Crippen molar-refractivity contribution in [2.24, 2.45) is 0 Å². The highest BCUT2D eigenvalue weighted by Crippen LogP contribution is 2.35. The molecule has 0 atom stereocenters. The monoisotopic (exact) mass is 453 g/mol. The maximum Gasteiger partial charge on any atom is 0.282 e. The van der Waals surface area contributed by atoms with E-state index in [1.165, 1.54) is 10.5 Å². The lowest BCUT2D eigenvalue weighted by Crippen LogP contribution is -2.32. The van der Waals surface area contributed by atoms with Gasteiger partial charge in [-0.1, -0.05) is 68.8 Å². The molecule has 5 heteroatoms. The number of nitrogens with zero attached hydrogens (tertiary/aromatic N) is 2. The molecule has 0 fully saturated rings. The van der Waals surface area contributed by atoms with Gasteiger partial charge in [-0.15, -0.1) is 0 Å². The quantitative estimate of drug-likeness (QED) is 0.500. The standard InChI is InChI=1S/C29H31N3O2/c1-19-10-12-20(13-11-19)25-26(30-22-16-14-21(15-17-22)29(2,3)4)28(34)32(27(25)33)24-9-7-8-23(18-24)31(5)6/h7-18,30H,1-6H3. The molecule has 0 radical (unpaired) electrons. The SMILES string of the molecule is Cc1ccc(C2=C(Nc3ccc(C(C)(C)C)cc3)C(=O)N(c3cccc(N(C)C)c3)C2=O)cc1. The third kappa shape index (κ3) is 4.46. The molecule has 2 amide bonds. The van der Waals surface area contributed by atoms with Crippen LogP contribution in [0.3, 0.4) is 0 Å². The Hall–Kier alpha value is -3.86. The molecule has 1 N–H and O–H groups in total. The van der Waals surface area contributed by atoms with Crippen LogP contribution in [-0.2, 0) is 15.0 Å². The van der Waals surface area contributed by atoms with Crippen LogP contribution in [0.25, 0.3) is 5.57 Å². The molecule has 1 heterocycles. The lowest BCUT2D eigenvalue weighted by molar-refractivity contribution is -0.120. The van der Waals surface area contributed by atoms with E-state index in [0.29, 0.717) is 16.8 Å². The number of hydrogen-bond acceptors (Lipinski definition) is 4. The predicted octanol–water partition coefficient (Wildman–Crippen LogP) is 5.76. The zero-order valence-electron chi connectivity index (χ0n) is 20.6. The minimum Gasteiger partial charge on any atom is -0.378 e. The van der Waals surface area contributed by atoms with Crippen molar-refractivity contribution in [3.05, 3.63) is 95.2 Å². The number of amides is 2. The van der Waals surface area contributed by atoms with Crippen molar-refractivity contribution in [2.45, 2.75) is 33.1 Å². The fourth-order valence-corrected chi connectivity index (χ4v) is 3.98. The summed E-state index contributed by atoms with van der Waals surface area (Å²) in [5, 5.41) is 3.26. The molecule has 0 unspecified atom stereocenters. The van der Waals surface area contributed by atoms with E-state index in [0.717, 1.165) is 16.9 Å². The number of rotatable bonds is 5. The highest BCUT2D eigenvalue weighted by molar-refractivity contribution is 6.46. The van der Waals surface area contributed by atoms with Crippen molar-refractivity contribution in [3.63, 3.8) is 0 Å². The molecule has 1 aliphatic rings. The van der Waals surface area contributed by atoms with Gasteiger partial charge in [0, 0.05) is 25.5 Å². The van der Waals surface area contributed by atoms with Crippen molar-refractivity contribution in [2.75, 3.05) is 29.2 Å². The van der Waals surface area contributed by atoms with E-state index in [9.17, 15) is 9.59 Å². The second-order valence-electron chi connectivity index (χ2n) is 9.93. The Bertz CT molecular complexity index is 1260. The molecule has 0 aliphatic carbocycles. The van der Waals surface area contributed by atoms with Crippen molar-refractivity contribution in [1.82, 2.24) is 0 Å². The molecule has 34 heavy (non-hydrogen) atoms. The van der Waals surface area contributed by atoms with Crippen molar-refractivity contribution < 1.29 is 9.59 Å². The molecule has 5 nitrogen and oxygen atoms in total. The van der Waals surface area contributed by atoms with E-state index in [4.69, 9.17) is 0 Å². The second-order valence-corrected chi connectivity index (χ2v) is 9.93. The molecule has 3 aromatic carbocycles. The van der Waals surface area contributed by atoms with Crippen LogP contribution in [0.4, 0.5) is 17.1 Å². The van der Waals surface area contributed by atoms with Gasteiger partial charge in [-0.25, -0.2) is 4.90 Å². The summed E-state index contributed by atoms with van der Waals surface area (Å²) in [7, 11) is 3.86. The van der Waals surface area contributed by atoms with Gasteiger partial charge in [0.15, 0.2) is 0 Å². The summed E-state index contributed by atoms with van der Waals surface area (Å²) in [6.07, 6.45) is 0. The maximum atomic E-state index is 13.7. The molecular formula is C29H31N3O2. The Morgan fingerprint density at radius 2 is 1.47 bits per heavy atom. The minimum absolute atomic E-state index is 0.0260. The van der Waals surface area contributed by atoms with Crippen LogP contribution in [0.1, 0.15) is 37.5 Å². The van der Waals surface area contributed by atoms with Crippen LogP contribution < -0.4 is 15.1 Å². The molecule has 4 rings (SSSR count). The van der Waals surface area contributed by atoms with Gasteiger partial charge in [-0.2, -0.15) is 0 Å². The smallest absolute Gasteiger partial charge is 0.282 e. The Balaban J connectivity index is 1.77. The molecule has 0 bridgehead atoms. The highest BCUT2D eigenvalue weighted by atomic mass is 16.2. The van der Waals surface area contributed by atoms with Gasteiger partial charge in [0.25, 0.3) is 11.8 Å². The predicted molar refractivity (Wildman–Crippen MR) is 140 cm³/mol. The molecule has 0 spiro atoms. The van der Waals surface area contributed by atoms with Crippen molar-refractivity contribution in [1.29, 1.82) is 0 Å². The number of carbonyl (C=O) groups excluding carboxylic acids is 2. The van der Waals surface area contributed by atoms with Gasteiger partial charge in [-0.3, -0.25) is 9.59 Å². The summed E-state index contributed by atoms with van der Waals surface area (Å²) >= 11 is 0. The molecule has 0 aromatic heterocycles. The number of benzene rings is 3. The summed E-state index contributed by atoms with van der Waals surface area (Å²) in [6.45, 7) is 8.47. The Kier molecular flexibility index (Phi) is 6.05. The first-order chi connectivity index (χ1) is 16.1. The molecule has 0 saturated heterocycles. The zero-order valence-corrected chi connectivity index (χ0v) is 20.6. The van der Waals surface area contributed by atoms with Gasteiger partial charge in [0.1, 0.15) is 5.70 Å². The highest BCUT2D eigenvalue weighted by Gasteiger charge is 2.40. The minimum atomic E-state index is -0.364. The number of hydrogen-bond donors (Lipinski definition) is 1. The van der Waals surface area contributed by atoms with E-state index < -0.39 is 0 Å². The lowest BCUT2D eigenvalue weighted by atomic mass is 9.87. The Labute approximate surface area is 201 Å². The number of nitrogens with one attached hydrogen (secondary N) is 1. The number of carbonyl (C=O) groups is 2. The van der Waals surface area contributed by atoms with Crippen molar-refractivity contribution in [3.8, 4) is 0 Å². The fraction of sp³-hybridized carbons (Fsp3) is 0.241. The molecule has 3 aromatic rings. The van der Waals surface area contributed by atoms with Gasteiger partial charge < -0.3 is 10.2 Å². The first kappa shape index (κ1) is 23.3. The van der Waals surface area contributed by atoms with E-state index in [1.54, 1.807) is 6.07 Å². The van der Waals surface area contributed by atoms with Gasteiger partial charge >= 0.3 is 0 Å². The number of aryl methyl sites for hydroxylation is 1. The van der Waals surface area contributed by atoms with Crippen LogP contribution in [0.5, 0.6) is 0 Å². The summed E-state index contributed by atoms with van der Waals surface area (Å²) in [4.78, 5) is 30.5. The van der Waals surface area contributed by atoms with E-state index in [-0.39, 0.29) is 22.9 Å². The normalized spacial score (nSPS) is 14.1. The second kappa shape index (κ2) is 8.82. The van der Waals surface area contributed by atoms with Crippen molar-refractivity contribution >= 4 is 34.4 Å². The number of imide groups is 1. The summed E-state index contributed by atoms with van der Waals surface area (Å²) < 4.78 is 0. The van der Waals surface area contributed by atoms with Crippen LogP contribution in [0.15, 0.2) is 78.5 Å². The zero-order chi connectivity index (χ0) is 24.6. The fourth-order valence-electron chi connectivity index (χ4n) is 3.98. The molecule has 1 aliphatic heterocycles. The molecule has 0 saturated carbocycles. The third-order valence-corrected chi connectivity index (χ3v) is 6.05. The lowest BCUT2D eigenvalue weighted by Gasteiger charge is -2.20.